The molecule has 4 nitrogen and oxygen atoms in total. The second kappa shape index (κ2) is 32.2. The van der Waals surface area contributed by atoms with E-state index in [1.165, 1.54) is 160 Å². The molecule has 1 heterocycles. The molecule has 0 aliphatic rings. The first-order valence-electron chi connectivity index (χ1n) is 25.9. The molecule has 1 aromatic heterocycles. The van der Waals surface area contributed by atoms with Crippen LogP contribution >= 0.6 is 11.3 Å². The topological polar surface area (TPSA) is 66.0 Å². The van der Waals surface area contributed by atoms with Crippen LogP contribution in [-0.2, 0) is 6.42 Å². The zero-order valence-corrected chi connectivity index (χ0v) is 42.0. The van der Waals surface area contributed by atoms with E-state index in [1.807, 2.05) is 42.5 Å². The molecule has 0 aliphatic heterocycles. The Kier molecular flexibility index (Phi) is 26.2. The van der Waals surface area contributed by atoms with Gasteiger partial charge in [-0.15, -0.1) is 11.3 Å². The molecule has 0 radical (unpaired) electrons. The van der Waals surface area contributed by atoms with Gasteiger partial charge in [0.15, 0.2) is 0 Å². The highest BCUT2D eigenvalue weighted by Crippen LogP contribution is 2.41. The third kappa shape index (κ3) is 19.0. The van der Waals surface area contributed by atoms with Crippen molar-refractivity contribution >= 4 is 28.6 Å². The summed E-state index contributed by atoms with van der Waals surface area (Å²) in [5, 5.41) is 21.0. The molecule has 0 fully saturated rings. The van der Waals surface area contributed by atoms with Crippen LogP contribution in [0.1, 0.15) is 210 Å². The molecule has 4 rings (SSSR count). The molecule has 0 aliphatic carbocycles. The Balaban J connectivity index is 1.57. The zero-order chi connectivity index (χ0) is 46.3. The van der Waals surface area contributed by atoms with E-state index in [2.05, 4.69) is 94.4 Å². The minimum atomic E-state index is 0.513. The Bertz CT molecular complexity index is 2080. The molecule has 0 unspecified atom stereocenters. The Hall–Kier alpha value is -4.58. The highest BCUT2D eigenvalue weighted by atomic mass is 32.1. The van der Waals surface area contributed by atoms with Crippen molar-refractivity contribution in [3.8, 4) is 44.5 Å². The van der Waals surface area contributed by atoms with Crippen LogP contribution in [0.3, 0.4) is 0 Å². The van der Waals surface area contributed by atoms with E-state index in [0.29, 0.717) is 41.4 Å². The molecule has 0 saturated heterocycles. The molecule has 4 aromatic rings. The largest absolute Gasteiger partial charge is 0.493 e. The second-order valence-electron chi connectivity index (χ2n) is 18.2. The molecular formula is C60H82N2O2S. The number of unbranched alkanes of at least 4 members (excludes halogenated alkanes) is 21. The highest BCUT2D eigenvalue weighted by molar-refractivity contribution is 7.19. The van der Waals surface area contributed by atoms with E-state index in [4.69, 9.17) is 9.47 Å². The summed E-state index contributed by atoms with van der Waals surface area (Å²) >= 11 is 1.88. The van der Waals surface area contributed by atoms with Gasteiger partial charge in [0.25, 0.3) is 0 Å². The van der Waals surface area contributed by atoms with E-state index in [-0.39, 0.29) is 0 Å². The van der Waals surface area contributed by atoms with E-state index >= 15 is 0 Å². The van der Waals surface area contributed by atoms with Crippen molar-refractivity contribution in [1.29, 1.82) is 10.5 Å². The number of ether oxygens (including phenoxy) is 2. The summed E-state index contributed by atoms with van der Waals surface area (Å²) in [5.74, 6) is 1.25. The van der Waals surface area contributed by atoms with E-state index in [0.717, 1.165) is 43.2 Å². The van der Waals surface area contributed by atoms with Gasteiger partial charge < -0.3 is 9.47 Å². The minimum absolute atomic E-state index is 0.513. The van der Waals surface area contributed by atoms with E-state index in [1.54, 1.807) is 0 Å². The molecule has 0 amide bonds. The summed E-state index contributed by atoms with van der Waals surface area (Å²) in [7, 11) is 0. The van der Waals surface area contributed by atoms with Gasteiger partial charge in [0, 0.05) is 20.9 Å². The summed E-state index contributed by atoms with van der Waals surface area (Å²) in [6.45, 7) is 11.9. The maximum absolute atomic E-state index is 10.8. The van der Waals surface area contributed by atoms with Crippen molar-refractivity contribution in [3.05, 3.63) is 101 Å². The summed E-state index contributed by atoms with van der Waals surface area (Å²) in [6.07, 6.45) is 34.8. The van der Waals surface area contributed by atoms with Crippen LogP contribution in [-0.4, -0.2) is 13.2 Å². The maximum Gasteiger partial charge on any atom is 0.128 e. The van der Waals surface area contributed by atoms with Crippen molar-refractivity contribution in [2.24, 2.45) is 0 Å². The first-order valence-corrected chi connectivity index (χ1v) is 26.7. The van der Waals surface area contributed by atoms with Gasteiger partial charge in [-0.25, -0.2) is 0 Å². The van der Waals surface area contributed by atoms with Crippen molar-refractivity contribution in [2.75, 3.05) is 13.2 Å². The van der Waals surface area contributed by atoms with Gasteiger partial charge in [0.05, 0.1) is 36.5 Å². The molecule has 0 atom stereocenters. The third-order valence-electron chi connectivity index (χ3n) is 12.6. The Morgan fingerprint density at radius 3 is 1.42 bits per heavy atom. The van der Waals surface area contributed by atoms with Gasteiger partial charge in [-0.2, -0.15) is 10.5 Å². The van der Waals surface area contributed by atoms with Crippen molar-refractivity contribution in [2.45, 2.75) is 195 Å². The monoisotopic (exact) mass is 895 g/mol. The SMILES string of the molecule is C/C=C(\C#N)c1cc(OCCCCCCCCCCCC)c(/C(C#N)=C/c2ccc(-c3sc(-c4ccc(C)cc4)cc3CCCCCC)cc2)cc1OCCCCCCCCCCCC. The lowest BCUT2D eigenvalue weighted by Crippen LogP contribution is -2.05. The molecule has 0 saturated carbocycles. The van der Waals surface area contributed by atoms with Gasteiger partial charge in [-0.3, -0.25) is 0 Å². The predicted molar refractivity (Wildman–Crippen MR) is 282 cm³/mol. The highest BCUT2D eigenvalue weighted by Gasteiger charge is 2.19. The first kappa shape index (κ1) is 53.0. The smallest absolute Gasteiger partial charge is 0.128 e. The van der Waals surface area contributed by atoms with Crippen LogP contribution in [0.5, 0.6) is 11.5 Å². The molecule has 3 aromatic carbocycles. The van der Waals surface area contributed by atoms with Crippen LogP contribution in [0.25, 0.3) is 38.1 Å². The lowest BCUT2D eigenvalue weighted by atomic mass is 9.96. The number of hydrogen-bond donors (Lipinski definition) is 0. The molecule has 0 spiro atoms. The molecule has 0 bridgehead atoms. The molecule has 5 heteroatoms. The summed E-state index contributed by atoms with van der Waals surface area (Å²) in [5.41, 5.74) is 8.58. The van der Waals surface area contributed by atoms with Gasteiger partial charge >= 0.3 is 0 Å². The van der Waals surface area contributed by atoms with Crippen molar-refractivity contribution < 1.29 is 9.47 Å². The summed E-state index contributed by atoms with van der Waals surface area (Å²) in [4.78, 5) is 2.63. The van der Waals surface area contributed by atoms with Gasteiger partial charge in [-0.1, -0.05) is 216 Å². The number of thiophene rings is 1. The van der Waals surface area contributed by atoms with Crippen LogP contribution in [0.15, 0.2) is 72.8 Å². The van der Waals surface area contributed by atoms with Crippen molar-refractivity contribution in [1.82, 2.24) is 0 Å². The van der Waals surface area contributed by atoms with Crippen LogP contribution in [0.4, 0.5) is 0 Å². The maximum atomic E-state index is 10.8. The van der Waals surface area contributed by atoms with E-state index < -0.39 is 0 Å². The average Bonchev–Trinajstić information content (AvgIpc) is 3.75. The summed E-state index contributed by atoms with van der Waals surface area (Å²) in [6, 6.07) is 28.8. The first-order chi connectivity index (χ1) is 32.0. The minimum Gasteiger partial charge on any atom is -0.493 e. The van der Waals surface area contributed by atoms with Gasteiger partial charge in [0.1, 0.15) is 11.5 Å². The molecule has 0 N–H and O–H groups in total. The predicted octanol–water partition coefficient (Wildman–Crippen LogP) is 19.1. The normalized spacial score (nSPS) is 11.7. The average molecular weight is 895 g/mol. The van der Waals surface area contributed by atoms with E-state index in [9.17, 15) is 10.5 Å². The Labute approximate surface area is 400 Å². The lowest BCUT2D eigenvalue weighted by Gasteiger charge is -2.18. The fourth-order valence-corrected chi connectivity index (χ4v) is 9.79. The number of benzene rings is 3. The second-order valence-corrected chi connectivity index (χ2v) is 19.2. The molecule has 65 heavy (non-hydrogen) atoms. The fourth-order valence-electron chi connectivity index (χ4n) is 8.57. The lowest BCUT2D eigenvalue weighted by molar-refractivity contribution is 0.295. The third-order valence-corrected chi connectivity index (χ3v) is 13.9. The van der Waals surface area contributed by atoms with Gasteiger partial charge in [0.2, 0.25) is 0 Å². The number of nitriles is 2. The standard InChI is InChI=1S/C60H82N2O2S/c1-6-10-13-16-18-20-22-24-26-29-40-63-57-45-56(58(44-55(57)50(9-4)46-61)64-41-30-27-25-23-21-19-17-14-11-7-2)54(47-62)42-49-34-38-52(39-35-49)60-53(31-28-15-12-8-3)43-59(65-60)51-36-32-48(5)33-37-51/h9,32-39,42-45H,6-8,10-31,40-41H2,1-5H3/b50-9+,54-42+. The van der Waals surface area contributed by atoms with Crippen molar-refractivity contribution in [3.63, 3.8) is 0 Å². The Morgan fingerprint density at radius 1 is 0.523 bits per heavy atom. The van der Waals surface area contributed by atoms with Crippen LogP contribution < -0.4 is 9.47 Å². The molecule has 350 valence electrons. The molecular weight excluding hydrogens is 813 g/mol. The zero-order valence-electron chi connectivity index (χ0n) is 41.2. The quantitative estimate of drug-likeness (QED) is 0.0266. The number of nitrogens with zero attached hydrogens (tertiary/aromatic N) is 2. The van der Waals surface area contributed by atoms with Gasteiger partial charge in [-0.05, 0) is 86.1 Å². The number of allylic oxidation sites excluding steroid dienone is 3. The summed E-state index contributed by atoms with van der Waals surface area (Å²) < 4.78 is 13.1. The fraction of sp³-hybridized carbons (Fsp3) is 0.533. The van der Waals surface area contributed by atoms with Crippen LogP contribution in [0.2, 0.25) is 0 Å². The van der Waals surface area contributed by atoms with Crippen LogP contribution in [0, 0.1) is 29.6 Å². The number of hydrogen-bond acceptors (Lipinski definition) is 5. The number of rotatable bonds is 34. The number of aryl methyl sites for hydroxylation is 2. The Morgan fingerprint density at radius 2 is 0.954 bits per heavy atom.